The summed E-state index contributed by atoms with van der Waals surface area (Å²) in [6, 6.07) is 3.30. The van der Waals surface area contributed by atoms with Crippen LogP contribution in [-0.4, -0.2) is 47.6 Å². The molecule has 1 atom stereocenters. The van der Waals surface area contributed by atoms with Gasteiger partial charge in [0.2, 0.25) is 0 Å². The molecule has 2 aliphatic heterocycles. The topological polar surface area (TPSA) is 44.3 Å². The van der Waals surface area contributed by atoms with Gasteiger partial charge in [-0.1, -0.05) is 6.07 Å². The minimum atomic E-state index is -1.44. The number of piperidine rings is 1. The van der Waals surface area contributed by atoms with Gasteiger partial charge in [0.05, 0.1) is 11.4 Å². The van der Waals surface area contributed by atoms with Crippen LogP contribution >= 0.6 is 0 Å². The van der Waals surface area contributed by atoms with Crippen molar-refractivity contribution in [3.63, 3.8) is 0 Å². The lowest BCUT2D eigenvalue weighted by atomic mass is 9.88. The summed E-state index contributed by atoms with van der Waals surface area (Å²) in [7, 11) is 2.08. The van der Waals surface area contributed by atoms with Gasteiger partial charge in [0.15, 0.2) is 11.6 Å². The minimum absolute atomic E-state index is 0.0558. The highest BCUT2D eigenvalue weighted by atomic mass is 19.1. The third kappa shape index (κ3) is 4.79. The molecule has 1 unspecified atom stereocenters. The van der Waals surface area contributed by atoms with Gasteiger partial charge in [-0.2, -0.15) is 0 Å². The summed E-state index contributed by atoms with van der Waals surface area (Å²) in [6.07, 6.45) is 0.558. The molecule has 3 heterocycles. The molecule has 0 saturated carbocycles. The molecule has 1 saturated heterocycles. The van der Waals surface area contributed by atoms with Crippen LogP contribution in [0.4, 0.5) is 24.8 Å². The molecule has 2 aromatic rings. The summed E-state index contributed by atoms with van der Waals surface area (Å²) in [4.78, 5) is 14.2. The normalized spacial score (nSPS) is 18.9. The van der Waals surface area contributed by atoms with Crippen LogP contribution in [0, 0.1) is 17.6 Å². The third-order valence-corrected chi connectivity index (χ3v) is 6.12. The summed E-state index contributed by atoms with van der Waals surface area (Å²) >= 11 is 0. The lowest BCUT2D eigenvalue weighted by Crippen LogP contribution is -2.37. The van der Waals surface area contributed by atoms with E-state index in [1.807, 2.05) is 0 Å². The molecule has 4 rings (SSSR count). The van der Waals surface area contributed by atoms with Crippen LogP contribution in [0.5, 0.6) is 0 Å². The van der Waals surface area contributed by atoms with Crippen LogP contribution in [0.25, 0.3) is 0 Å². The molecule has 0 radical (unpaired) electrons. The summed E-state index contributed by atoms with van der Waals surface area (Å²) in [5.41, 5.74) is 1.98. The van der Waals surface area contributed by atoms with E-state index in [-0.39, 0.29) is 17.5 Å². The standard InChI is InChI=1S/C23H30F3N5/c1-14(2)27-22-23(29-19-8-9-30(3)13-20(19)28-22)31-10-6-15(7-11-31)21(26)17-5-4-16(24)12-18(17)25/h4-5,12,14-15,21H,6-11,13H2,1-3H3,(H,27,28). The van der Waals surface area contributed by atoms with Crippen molar-refractivity contribution in [2.45, 2.75) is 51.9 Å². The van der Waals surface area contributed by atoms with Gasteiger partial charge < -0.3 is 15.1 Å². The molecule has 1 fully saturated rings. The lowest BCUT2D eigenvalue weighted by molar-refractivity contribution is 0.193. The number of alkyl halides is 1. The van der Waals surface area contributed by atoms with Gasteiger partial charge in [-0.05, 0) is 45.7 Å². The Morgan fingerprint density at radius 2 is 1.81 bits per heavy atom. The first-order valence-corrected chi connectivity index (χ1v) is 11.0. The van der Waals surface area contributed by atoms with Gasteiger partial charge in [-0.15, -0.1) is 0 Å². The van der Waals surface area contributed by atoms with Crippen molar-refractivity contribution < 1.29 is 13.2 Å². The van der Waals surface area contributed by atoms with E-state index in [1.165, 1.54) is 6.07 Å². The van der Waals surface area contributed by atoms with Gasteiger partial charge in [0.25, 0.3) is 0 Å². The predicted octanol–water partition coefficient (Wildman–Crippen LogP) is 4.49. The number of halogens is 3. The molecule has 0 amide bonds. The Balaban J connectivity index is 1.51. The zero-order valence-corrected chi connectivity index (χ0v) is 18.3. The zero-order chi connectivity index (χ0) is 22.1. The molecule has 168 valence electrons. The number of hydrogen-bond acceptors (Lipinski definition) is 5. The van der Waals surface area contributed by atoms with Gasteiger partial charge in [-0.25, -0.2) is 23.1 Å². The fraction of sp³-hybridized carbons (Fsp3) is 0.565. The van der Waals surface area contributed by atoms with Crippen molar-refractivity contribution in [1.82, 2.24) is 14.9 Å². The van der Waals surface area contributed by atoms with E-state index in [4.69, 9.17) is 9.97 Å². The number of rotatable bonds is 5. The Morgan fingerprint density at radius 3 is 2.48 bits per heavy atom. The number of nitrogens with zero attached hydrogens (tertiary/aromatic N) is 4. The van der Waals surface area contributed by atoms with Crippen molar-refractivity contribution >= 4 is 11.6 Å². The van der Waals surface area contributed by atoms with E-state index < -0.39 is 17.8 Å². The van der Waals surface area contributed by atoms with E-state index in [2.05, 4.69) is 36.0 Å². The van der Waals surface area contributed by atoms with Crippen molar-refractivity contribution in [3.8, 4) is 0 Å². The molecule has 1 aromatic heterocycles. The number of aromatic nitrogens is 2. The molecule has 5 nitrogen and oxygen atoms in total. The number of fused-ring (bicyclic) bond motifs is 1. The van der Waals surface area contributed by atoms with E-state index in [9.17, 15) is 8.78 Å². The van der Waals surface area contributed by atoms with E-state index in [0.717, 1.165) is 54.7 Å². The Bertz CT molecular complexity index is 928. The summed E-state index contributed by atoms with van der Waals surface area (Å²) in [5, 5.41) is 3.42. The molecule has 8 heteroatoms. The summed E-state index contributed by atoms with van der Waals surface area (Å²) in [6.45, 7) is 7.10. The van der Waals surface area contributed by atoms with Crippen molar-refractivity contribution in [1.29, 1.82) is 0 Å². The van der Waals surface area contributed by atoms with Crippen LogP contribution in [0.15, 0.2) is 18.2 Å². The maximum absolute atomic E-state index is 15.0. The van der Waals surface area contributed by atoms with Crippen LogP contribution in [0.1, 0.15) is 49.8 Å². The summed E-state index contributed by atoms with van der Waals surface area (Å²) < 4.78 is 42.2. The molecule has 0 bridgehead atoms. The molecule has 0 spiro atoms. The maximum atomic E-state index is 15.0. The molecule has 31 heavy (non-hydrogen) atoms. The summed E-state index contributed by atoms with van der Waals surface area (Å²) in [5.74, 6) is -0.228. The second-order valence-corrected chi connectivity index (χ2v) is 8.97. The van der Waals surface area contributed by atoms with Crippen LogP contribution in [0.2, 0.25) is 0 Å². The van der Waals surface area contributed by atoms with E-state index in [0.29, 0.717) is 25.9 Å². The highest BCUT2D eigenvalue weighted by Gasteiger charge is 2.31. The number of benzene rings is 1. The fourth-order valence-electron chi connectivity index (χ4n) is 4.43. The Hall–Kier alpha value is -2.35. The van der Waals surface area contributed by atoms with Crippen LogP contribution in [0.3, 0.4) is 0 Å². The predicted molar refractivity (Wildman–Crippen MR) is 116 cm³/mol. The second-order valence-electron chi connectivity index (χ2n) is 8.97. The van der Waals surface area contributed by atoms with Crippen LogP contribution < -0.4 is 10.2 Å². The first-order valence-electron chi connectivity index (χ1n) is 11.0. The van der Waals surface area contributed by atoms with E-state index >= 15 is 4.39 Å². The number of hydrogen-bond donors (Lipinski definition) is 1. The highest BCUT2D eigenvalue weighted by molar-refractivity contribution is 5.62. The van der Waals surface area contributed by atoms with Gasteiger partial charge in [0.1, 0.15) is 17.8 Å². The second kappa shape index (κ2) is 9.02. The molecular weight excluding hydrogens is 403 g/mol. The Kier molecular flexibility index (Phi) is 6.36. The van der Waals surface area contributed by atoms with Gasteiger partial charge in [-0.3, -0.25) is 0 Å². The molecule has 2 aliphatic rings. The quantitative estimate of drug-likeness (QED) is 0.753. The number of nitrogens with one attached hydrogen (secondary N) is 1. The minimum Gasteiger partial charge on any atom is -0.365 e. The Labute approximate surface area is 181 Å². The first kappa shape index (κ1) is 21.9. The number of anilines is 2. The monoisotopic (exact) mass is 433 g/mol. The zero-order valence-electron chi connectivity index (χ0n) is 18.3. The molecular formula is C23H30F3N5. The smallest absolute Gasteiger partial charge is 0.172 e. The maximum Gasteiger partial charge on any atom is 0.172 e. The highest BCUT2D eigenvalue weighted by Crippen LogP contribution is 2.37. The molecule has 1 N–H and O–H groups in total. The van der Waals surface area contributed by atoms with Gasteiger partial charge in [0, 0.05) is 50.3 Å². The SMILES string of the molecule is CC(C)Nc1nc2c(nc1N1CCC(C(F)c3ccc(F)cc3F)CC1)CCN(C)C2. The van der Waals surface area contributed by atoms with Crippen molar-refractivity contribution in [2.24, 2.45) is 5.92 Å². The first-order chi connectivity index (χ1) is 14.8. The lowest BCUT2D eigenvalue weighted by Gasteiger charge is -2.36. The van der Waals surface area contributed by atoms with Crippen molar-refractivity contribution in [3.05, 3.63) is 46.8 Å². The molecule has 1 aromatic carbocycles. The van der Waals surface area contributed by atoms with Crippen LogP contribution in [-0.2, 0) is 13.0 Å². The van der Waals surface area contributed by atoms with E-state index in [1.54, 1.807) is 0 Å². The third-order valence-electron chi connectivity index (χ3n) is 6.12. The average molecular weight is 434 g/mol. The Morgan fingerprint density at radius 1 is 1.06 bits per heavy atom. The number of likely N-dealkylation sites (N-methyl/N-ethyl adjacent to an activating group) is 1. The largest absolute Gasteiger partial charge is 0.365 e. The van der Waals surface area contributed by atoms with Gasteiger partial charge >= 0.3 is 0 Å². The van der Waals surface area contributed by atoms with Crippen molar-refractivity contribution in [2.75, 3.05) is 36.9 Å². The average Bonchev–Trinajstić information content (AvgIpc) is 2.72. The molecule has 0 aliphatic carbocycles. The fourth-order valence-corrected chi connectivity index (χ4v) is 4.43.